The molecule has 4 heteroatoms. The van der Waals surface area contributed by atoms with E-state index in [9.17, 15) is 0 Å². The summed E-state index contributed by atoms with van der Waals surface area (Å²) in [5, 5.41) is 7.42. The van der Waals surface area contributed by atoms with Gasteiger partial charge in [0.05, 0.1) is 0 Å². The van der Waals surface area contributed by atoms with Crippen LogP contribution in [0.1, 0.15) is 72.4 Å². The Kier molecular flexibility index (Phi) is 40.7. The van der Waals surface area contributed by atoms with Crippen molar-refractivity contribution in [3.63, 3.8) is 0 Å². The van der Waals surface area contributed by atoms with Gasteiger partial charge in [-0.2, -0.15) is 22.4 Å². The largest absolute Gasteiger partial charge is 0.481 e. The third-order valence-corrected chi connectivity index (χ3v) is 2.50. The first-order valence-corrected chi connectivity index (χ1v) is 11.2. The van der Waals surface area contributed by atoms with Crippen molar-refractivity contribution in [1.82, 2.24) is 0 Å². The van der Waals surface area contributed by atoms with Gasteiger partial charge in [0.25, 0.3) is 5.97 Å². The quantitative estimate of drug-likeness (QED) is 0.337. The van der Waals surface area contributed by atoms with E-state index in [0.29, 0.717) is 0 Å². The van der Waals surface area contributed by atoms with Crippen LogP contribution in [-0.2, 0) is 17.6 Å². The van der Waals surface area contributed by atoms with Gasteiger partial charge in [-0.25, -0.2) is 0 Å². The minimum absolute atomic E-state index is 0.833. The van der Waals surface area contributed by atoms with Crippen molar-refractivity contribution in [2.24, 2.45) is 0 Å². The van der Waals surface area contributed by atoms with Crippen LogP contribution >= 0.6 is 22.4 Å². The third kappa shape index (κ3) is 39.7. The van der Waals surface area contributed by atoms with E-state index >= 15 is 0 Å². The molecule has 0 amide bonds. The first-order chi connectivity index (χ1) is 13.4. The number of hydrogen-bond donors (Lipinski definition) is 1. The monoisotopic (exact) mass is 498 g/mol. The number of halogens is 1. The maximum absolute atomic E-state index is 9.00. The predicted octanol–water partition coefficient (Wildman–Crippen LogP) is 7.93. The molecule has 0 aliphatic carbocycles. The summed E-state index contributed by atoms with van der Waals surface area (Å²) >= 11 is 1.65. The highest BCUT2D eigenvalue weighted by Gasteiger charge is 1.80. The van der Waals surface area contributed by atoms with Crippen molar-refractivity contribution in [2.45, 2.75) is 74.1 Å². The van der Waals surface area contributed by atoms with Gasteiger partial charge in [-0.1, -0.05) is 115 Å². The standard InChI is InChI=1S/2C8H10.2C3H8.C2H4O2.BI/c2*1-2-8-6-4-3-5-7-8;2*1-3-2;1-2(3)4;1-2/h2*3-7H,2H2,1H3;2*3H2,1-2H3;1H3,(H,3,4);. The van der Waals surface area contributed by atoms with E-state index in [1.54, 1.807) is 22.4 Å². The summed E-state index contributed by atoms with van der Waals surface area (Å²) in [4.78, 5) is 9.00. The van der Waals surface area contributed by atoms with Crippen molar-refractivity contribution >= 4 is 34.0 Å². The number of benzene rings is 2. The molecule has 28 heavy (non-hydrogen) atoms. The summed E-state index contributed by atoms with van der Waals surface area (Å²) in [6, 6.07) is 20.9. The number of aryl methyl sites for hydroxylation is 2. The number of carboxylic acid groups (broad SMARTS) is 1. The Balaban J connectivity index is -0.000000135. The molecule has 0 heterocycles. The Morgan fingerprint density at radius 2 is 0.893 bits per heavy atom. The maximum atomic E-state index is 9.00. The molecule has 0 spiro atoms. The molecule has 158 valence electrons. The molecular weight excluding hydrogens is 458 g/mol. The van der Waals surface area contributed by atoms with Crippen LogP contribution < -0.4 is 0 Å². The van der Waals surface area contributed by atoms with Crippen molar-refractivity contribution in [1.29, 1.82) is 0 Å². The zero-order valence-electron chi connectivity index (χ0n) is 18.9. The average molecular weight is 498 g/mol. The zero-order chi connectivity index (χ0) is 22.6. The van der Waals surface area contributed by atoms with E-state index in [0.717, 1.165) is 19.8 Å². The van der Waals surface area contributed by atoms with Crippen LogP contribution in [0.25, 0.3) is 0 Å². The van der Waals surface area contributed by atoms with Crippen LogP contribution in [0.5, 0.6) is 0 Å². The van der Waals surface area contributed by atoms with Crippen LogP contribution in [0.4, 0.5) is 0 Å². The number of rotatable bonds is 2. The summed E-state index contributed by atoms with van der Waals surface area (Å²) in [5.41, 5.74) is 7.29. The van der Waals surface area contributed by atoms with Crippen molar-refractivity contribution in [3.05, 3.63) is 71.8 Å². The smallest absolute Gasteiger partial charge is 0.300 e. The molecule has 2 aromatic rings. The summed E-state index contributed by atoms with van der Waals surface area (Å²) in [7, 11) is 0. The fourth-order valence-corrected chi connectivity index (χ4v) is 1.43. The highest BCUT2D eigenvalue weighted by Crippen LogP contribution is 1.97. The summed E-state index contributed by atoms with van der Waals surface area (Å²) in [6.07, 6.45) is 4.78. The van der Waals surface area contributed by atoms with E-state index in [-0.39, 0.29) is 0 Å². The van der Waals surface area contributed by atoms with E-state index in [4.69, 9.17) is 9.90 Å². The molecule has 0 aliphatic heterocycles. The first kappa shape index (κ1) is 34.2. The highest BCUT2D eigenvalue weighted by atomic mass is 127. The lowest BCUT2D eigenvalue weighted by Gasteiger charge is -1.89. The molecule has 0 fully saturated rings. The highest BCUT2D eigenvalue weighted by molar-refractivity contribution is 14.1. The fourth-order valence-electron chi connectivity index (χ4n) is 1.43. The van der Waals surface area contributed by atoms with Gasteiger partial charge >= 0.3 is 0 Å². The minimum atomic E-state index is -0.833. The normalized spacial score (nSPS) is 7.57. The SMILES string of the molecule is CC(=O)O.CCC.CCC.CCc1ccccc1.CCc1ccccc1.[B]I. The van der Waals surface area contributed by atoms with Gasteiger partial charge in [0.1, 0.15) is 0 Å². The molecule has 1 N–H and O–H groups in total. The van der Waals surface area contributed by atoms with Crippen LogP contribution in [-0.4, -0.2) is 16.8 Å². The van der Waals surface area contributed by atoms with Gasteiger partial charge in [-0.3, -0.25) is 4.79 Å². The molecule has 0 aromatic heterocycles. The Morgan fingerprint density at radius 1 is 0.714 bits per heavy atom. The number of hydrogen-bond acceptors (Lipinski definition) is 1. The average Bonchev–Trinajstić information content (AvgIpc) is 2.72. The Labute approximate surface area is 189 Å². The zero-order valence-corrected chi connectivity index (χ0v) is 21.1. The molecule has 0 bridgehead atoms. The molecule has 0 saturated heterocycles. The predicted molar refractivity (Wildman–Crippen MR) is 137 cm³/mol. The van der Waals surface area contributed by atoms with Crippen molar-refractivity contribution in [3.8, 4) is 0 Å². The molecule has 0 atom stereocenters. The molecule has 2 aromatic carbocycles. The maximum Gasteiger partial charge on any atom is 0.300 e. The Bertz CT molecular complexity index is 445. The topological polar surface area (TPSA) is 37.3 Å². The van der Waals surface area contributed by atoms with Crippen LogP contribution in [0.3, 0.4) is 0 Å². The summed E-state index contributed by atoms with van der Waals surface area (Å²) in [5.74, 6) is -0.833. The van der Waals surface area contributed by atoms with Crippen LogP contribution in [0, 0.1) is 0 Å². The molecule has 2 radical (unpaired) electrons. The molecular formula is C24H40BIO2. The van der Waals surface area contributed by atoms with Gasteiger partial charge in [-0.05, 0) is 24.0 Å². The number of carbonyl (C=O) groups is 1. The Morgan fingerprint density at radius 3 is 1.00 bits per heavy atom. The van der Waals surface area contributed by atoms with E-state index in [1.807, 2.05) is 12.1 Å². The first-order valence-electron chi connectivity index (χ1n) is 9.92. The second kappa shape index (κ2) is 33.3. The summed E-state index contributed by atoms with van der Waals surface area (Å²) < 4.78 is 0. The van der Waals surface area contributed by atoms with Crippen molar-refractivity contribution in [2.75, 3.05) is 0 Å². The molecule has 2 nitrogen and oxygen atoms in total. The summed E-state index contributed by atoms with van der Waals surface area (Å²) in [6.45, 7) is 13.9. The fraction of sp³-hybridized carbons (Fsp3) is 0.458. The lowest BCUT2D eigenvalue weighted by Crippen LogP contribution is -1.78. The van der Waals surface area contributed by atoms with E-state index < -0.39 is 5.97 Å². The second-order valence-corrected chi connectivity index (χ2v) is 5.61. The molecule has 0 unspecified atom stereocenters. The molecule has 2 rings (SSSR count). The van der Waals surface area contributed by atoms with Gasteiger partial charge in [0.2, 0.25) is 0 Å². The van der Waals surface area contributed by atoms with Crippen LogP contribution in [0.2, 0.25) is 0 Å². The molecule has 0 aliphatic rings. The second-order valence-electron chi connectivity index (χ2n) is 5.61. The van der Waals surface area contributed by atoms with Crippen molar-refractivity contribution < 1.29 is 9.90 Å². The lowest BCUT2D eigenvalue weighted by molar-refractivity contribution is -0.134. The van der Waals surface area contributed by atoms with Gasteiger partial charge < -0.3 is 5.11 Å². The van der Waals surface area contributed by atoms with E-state index in [1.165, 1.54) is 24.0 Å². The number of carboxylic acids is 1. The minimum Gasteiger partial charge on any atom is -0.481 e. The van der Waals surface area contributed by atoms with Gasteiger partial charge in [0, 0.05) is 6.92 Å². The lowest BCUT2D eigenvalue weighted by atomic mass is 10.2. The Hall–Kier alpha value is -1.30. The van der Waals surface area contributed by atoms with Gasteiger partial charge in [0.15, 0.2) is 5.70 Å². The molecule has 0 saturated carbocycles. The van der Waals surface area contributed by atoms with Crippen LogP contribution in [0.15, 0.2) is 60.7 Å². The number of aliphatic carboxylic acids is 1. The van der Waals surface area contributed by atoms with E-state index in [2.05, 4.69) is 95.8 Å². The third-order valence-electron chi connectivity index (χ3n) is 2.50. The van der Waals surface area contributed by atoms with Gasteiger partial charge in [-0.15, -0.1) is 0 Å².